The first kappa shape index (κ1) is 16.0. The highest BCUT2D eigenvalue weighted by Gasteiger charge is 2.18. The molecule has 0 unspecified atom stereocenters. The minimum absolute atomic E-state index is 0.233. The number of aromatic nitrogens is 1. The lowest BCUT2D eigenvalue weighted by Crippen LogP contribution is -2.12. The number of ether oxygens (including phenoxy) is 2. The van der Waals surface area contributed by atoms with Crippen molar-refractivity contribution in [3.05, 3.63) is 58.9 Å². The van der Waals surface area contributed by atoms with E-state index in [0.717, 1.165) is 5.56 Å². The van der Waals surface area contributed by atoms with Gasteiger partial charge in [-0.3, -0.25) is 4.79 Å². The van der Waals surface area contributed by atoms with Gasteiger partial charge in [-0.2, -0.15) is 0 Å². The second-order valence-corrected chi connectivity index (χ2v) is 5.77. The van der Waals surface area contributed by atoms with Crippen LogP contribution >= 0.6 is 11.3 Å². The van der Waals surface area contributed by atoms with Crippen molar-refractivity contribution in [3.8, 4) is 22.8 Å². The Balaban J connectivity index is 1.91. The van der Waals surface area contributed by atoms with Crippen LogP contribution in [-0.4, -0.2) is 25.1 Å². The smallest absolute Gasteiger partial charge is 0.268 e. The van der Waals surface area contributed by atoms with Crippen molar-refractivity contribution < 1.29 is 14.3 Å². The third-order valence-electron chi connectivity index (χ3n) is 3.48. The molecule has 0 aliphatic carbocycles. The topological polar surface area (TPSA) is 60.5 Å². The number of thiazole rings is 1. The van der Waals surface area contributed by atoms with Crippen molar-refractivity contribution >= 4 is 22.9 Å². The molecule has 2 aromatic carbocycles. The summed E-state index contributed by atoms with van der Waals surface area (Å²) in [5.41, 5.74) is 3.79. The number of carbonyl (C=O) groups is 1. The standard InChI is InChI=1S/C18H16N2O3S/c1-22-13-8-9-15(23-2)14(10-13)20-18(21)17-16(19-11-24-17)12-6-4-3-5-7-12/h3-11H,1-2H3,(H,20,21). The molecule has 0 bridgehead atoms. The van der Waals surface area contributed by atoms with E-state index in [-0.39, 0.29) is 5.91 Å². The Kier molecular flexibility index (Phi) is 4.77. The van der Waals surface area contributed by atoms with Crippen molar-refractivity contribution in [3.63, 3.8) is 0 Å². The molecule has 122 valence electrons. The molecule has 0 aliphatic rings. The van der Waals surface area contributed by atoms with Gasteiger partial charge in [-0.15, -0.1) is 11.3 Å². The average Bonchev–Trinajstić information content (AvgIpc) is 3.12. The molecular formula is C18H16N2O3S. The first-order valence-corrected chi connectivity index (χ1v) is 8.13. The van der Waals surface area contributed by atoms with E-state index >= 15 is 0 Å². The van der Waals surface area contributed by atoms with E-state index in [0.29, 0.717) is 27.8 Å². The van der Waals surface area contributed by atoms with Gasteiger partial charge in [0.1, 0.15) is 16.4 Å². The summed E-state index contributed by atoms with van der Waals surface area (Å²) in [5.74, 6) is 0.969. The van der Waals surface area contributed by atoms with E-state index < -0.39 is 0 Å². The molecule has 1 N–H and O–H groups in total. The lowest BCUT2D eigenvalue weighted by atomic mass is 10.1. The van der Waals surface area contributed by atoms with Gasteiger partial charge in [-0.25, -0.2) is 4.98 Å². The summed E-state index contributed by atoms with van der Waals surface area (Å²) >= 11 is 1.30. The quantitative estimate of drug-likeness (QED) is 0.760. The molecule has 5 nitrogen and oxygen atoms in total. The van der Waals surface area contributed by atoms with Gasteiger partial charge < -0.3 is 14.8 Å². The summed E-state index contributed by atoms with van der Waals surface area (Å²) in [6.45, 7) is 0. The molecule has 1 aromatic heterocycles. The molecule has 3 aromatic rings. The van der Waals surface area contributed by atoms with Crippen LogP contribution in [0.4, 0.5) is 5.69 Å². The van der Waals surface area contributed by atoms with E-state index in [4.69, 9.17) is 9.47 Å². The maximum atomic E-state index is 12.7. The molecule has 1 amide bonds. The van der Waals surface area contributed by atoms with E-state index in [9.17, 15) is 4.79 Å². The molecule has 0 saturated heterocycles. The lowest BCUT2D eigenvalue weighted by Gasteiger charge is -2.11. The van der Waals surface area contributed by atoms with Crippen LogP contribution in [0.25, 0.3) is 11.3 Å². The number of amides is 1. The molecule has 24 heavy (non-hydrogen) atoms. The number of rotatable bonds is 5. The van der Waals surface area contributed by atoms with Gasteiger partial charge in [-0.1, -0.05) is 30.3 Å². The zero-order valence-corrected chi connectivity index (χ0v) is 14.1. The maximum absolute atomic E-state index is 12.7. The Labute approximate surface area is 143 Å². The van der Waals surface area contributed by atoms with Gasteiger partial charge >= 0.3 is 0 Å². The zero-order chi connectivity index (χ0) is 16.9. The second-order valence-electron chi connectivity index (χ2n) is 4.92. The van der Waals surface area contributed by atoms with Crippen LogP contribution in [-0.2, 0) is 0 Å². The summed E-state index contributed by atoms with van der Waals surface area (Å²) < 4.78 is 10.5. The third kappa shape index (κ3) is 3.23. The summed E-state index contributed by atoms with van der Waals surface area (Å²) in [6.07, 6.45) is 0. The molecular weight excluding hydrogens is 324 g/mol. The van der Waals surface area contributed by atoms with Crippen LogP contribution in [0.1, 0.15) is 9.67 Å². The van der Waals surface area contributed by atoms with Crippen molar-refractivity contribution in [2.75, 3.05) is 19.5 Å². The number of benzene rings is 2. The van der Waals surface area contributed by atoms with E-state index in [1.54, 1.807) is 37.9 Å². The number of nitrogens with zero attached hydrogens (tertiary/aromatic N) is 1. The van der Waals surface area contributed by atoms with Gasteiger partial charge in [0.15, 0.2) is 0 Å². The first-order chi connectivity index (χ1) is 11.7. The van der Waals surface area contributed by atoms with E-state index in [1.807, 2.05) is 30.3 Å². The van der Waals surface area contributed by atoms with E-state index in [1.165, 1.54) is 11.3 Å². The summed E-state index contributed by atoms with van der Waals surface area (Å²) in [5, 5.41) is 2.88. The molecule has 3 rings (SSSR count). The predicted octanol–water partition coefficient (Wildman–Crippen LogP) is 4.08. The molecule has 0 saturated carbocycles. The summed E-state index contributed by atoms with van der Waals surface area (Å²) in [4.78, 5) is 17.6. The predicted molar refractivity (Wildman–Crippen MR) is 95.0 cm³/mol. The highest BCUT2D eigenvalue weighted by molar-refractivity contribution is 7.12. The Morgan fingerprint density at radius 1 is 1.08 bits per heavy atom. The Hall–Kier alpha value is -2.86. The molecule has 6 heteroatoms. The fourth-order valence-corrected chi connectivity index (χ4v) is 3.00. The fraction of sp³-hybridized carbons (Fsp3) is 0.111. The number of hydrogen-bond donors (Lipinski definition) is 1. The van der Waals surface area contributed by atoms with Gasteiger partial charge in [0, 0.05) is 11.6 Å². The molecule has 0 aliphatic heterocycles. The zero-order valence-electron chi connectivity index (χ0n) is 13.3. The Bertz CT molecular complexity index is 846. The number of methoxy groups -OCH3 is 2. The van der Waals surface area contributed by atoms with Crippen molar-refractivity contribution in [1.29, 1.82) is 0 Å². The largest absolute Gasteiger partial charge is 0.497 e. The average molecular weight is 340 g/mol. The molecule has 0 spiro atoms. The van der Waals surface area contributed by atoms with Crippen molar-refractivity contribution in [2.45, 2.75) is 0 Å². The lowest BCUT2D eigenvalue weighted by molar-refractivity contribution is 0.103. The highest BCUT2D eigenvalue weighted by Crippen LogP contribution is 2.31. The van der Waals surface area contributed by atoms with Gasteiger partial charge in [0.2, 0.25) is 0 Å². The minimum atomic E-state index is -0.233. The van der Waals surface area contributed by atoms with Crippen LogP contribution < -0.4 is 14.8 Å². The van der Waals surface area contributed by atoms with Crippen molar-refractivity contribution in [2.24, 2.45) is 0 Å². The number of hydrogen-bond acceptors (Lipinski definition) is 5. The van der Waals surface area contributed by atoms with Crippen LogP contribution in [0.2, 0.25) is 0 Å². The van der Waals surface area contributed by atoms with Gasteiger partial charge in [0.05, 0.1) is 31.1 Å². The number of carbonyl (C=O) groups excluding carboxylic acids is 1. The molecule has 0 atom stereocenters. The van der Waals surface area contributed by atoms with Crippen LogP contribution in [0.3, 0.4) is 0 Å². The van der Waals surface area contributed by atoms with Crippen molar-refractivity contribution in [1.82, 2.24) is 4.98 Å². The normalized spacial score (nSPS) is 10.2. The molecule has 0 radical (unpaired) electrons. The third-order valence-corrected chi connectivity index (χ3v) is 4.30. The maximum Gasteiger partial charge on any atom is 0.268 e. The summed E-state index contributed by atoms with van der Waals surface area (Å²) in [7, 11) is 3.13. The Morgan fingerprint density at radius 3 is 2.58 bits per heavy atom. The van der Waals surface area contributed by atoms with Crippen LogP contribution in [0.5, 0.6) is 11.5 Å². The summed E-state index contributed by atoms with van der Waals surface area (Å²) in [6, 6.07) is 14.9. The number of nitrogens with one attached hydrogen (secondary N) is 1. The Morgan fingerprint density at radius 2 is 1.88 bits per heavy atom. The molecule has 0 fully saturated rings. The fourth-order valence-electron chi connectivity index (χ4n) is 2.30. The van der Waals surface area contributed by atoms with E-state index in [2.05, 4.69) is 10.3 Å². The van der Waals surface area contributed by atoms with Gasteiger partial charge in [0.25, 0.3) is 5.91 Å². The molecule has 1 heterocycles. The van der Waals surface area contributed by atoms with Crippen LogP contribution in [0.15, 0.2) is 54.0 Å². The monoisotopic (exact) mass is 340 g/mol. The second kappa shape index (κ2) is 7.14. The SMILES string of the molecule is COc1ccc(OC)c(NC(=O)c2scnc2-c2ccccc2)c1. The highest BCUT2D eigenvalue weighted by atomic mass is 32.1. The van der Waals surface area contributed by atoms with Gasteiger partial charge in [-0.05, 0) is 12.1 Å². The minimum Gasteiger partial charge on any atom is -0.497 e. The first-order valence-electron chi connectivity index (χ1n) is 7.25. The number of anilines is 1. The van der Waals surface area contributed by atoms with Crippen LogP contribution in [0, 0.1) is 0 Å².